The van der Waals surface area contributed by atoms with Crippen molar-refractivity contribution in [3.8, 4) is 0 Å². The number of halogens is 3. The molecule has 1 N–H and O–H groups in total. The zero-order chi connectivity index (χ0) is 34.4. The molecule has 0 heterocycles. The molecule has 0 unspecified atom stereocenters. The third-order valence-corrected chi connectivity index (χ3v) is 9.23. The molecule has 0 spiro atoms. The first kappa shape index (κ1) is 35.2. The van der Waals surface area contributed by atoms with Gasteiger partial charge in [0.2, 0.25) is 11.8 Å². The summed E-state index contributed by atoms with van der Waals surface area (Å²) >= 11 is 0. The van der Waals surface area contributed by atoms with E-state index in [1.165, 1.54) is 35.2 Å². The molecule has 4 aromatic carbocycles. The van der Waals surface area contributed by atoms with Crippen LogP contribution in [0.5, 0.6) is 0 Å². The van der Waals surface area contributed by atoms with Gasteiger partial charge in [-0.25, -0.2) is 8.42 Å². The van der Waals surface area contributed by atoms with Crippen molar-refractivity contribution in [2.24, 2.45) is 0 Å². The Bertz CT molecular complexity index is 1790. The molecule has 11 heteroatoms. The van der Waals surface area contributed by atoms with Gasteiger partial charge in [-0.05, 0) is 74.7 Å². The van der Waals surface area contributed by atoms with E-state index in [-0.39, 0.29) is 23.5 Å². The summed E-state index contributed by atoms with van der Waals surface area (Å²) in [6, 6.07) is 26.3. The standard InChI is InChI=1S/C36H38F3N3O4S/c1-26-14-11-12-17-28(26)24-41(32(34(44)40-35(2,3)4)22-27-15-7-5-8-16-27)33(43)25-42(47(45,46)31-20-9-6-10-21-31)30-19-13-18-29(23-30)36(37,38)39/h5-21,23,32H,22,24-25H2,1-4H3,(H,40,44)/t32-/m1/s1. The molecular weight excluding hydrogens is 627 g/mol. The zero-order valence-electron chi connectivity index (χ0n) is 26.7. The van der Waals surface area contributed by atoms with Crippen LogP contribution in [0.4, 0.5) is 18.9 Å². The van der Waals surface area contributed by atoms with Gasteiger partial charge in [-0.3, -0.25) is 13.9 Å². The number of hydrogen-bond acceptors (Lipinski definition) is 4. The lowest BCUT2D eigenvalue weighted by molar-refractivity contribution is -0.140. The lowest BCUT2D eigenvalue weighted by Gasteiger charge is -2.35. The van der Waals surface area contributed by atoms with E-state index in [0.29, 0.717) is 10.4 Å². The largest absolute Gasteiger partial charge is 0.416 e. The number of rotatable bonds is 11. The first-order valence-electron chi connectivity index (χ1n) is 15.0. The summed E-state index contributed by atoms with van der Waals surface area (Å²) in [7, 11) is -4.54. The summed E-state index contributed by atoms with van der Waals surface area (Å²) in [5, 5.41) is 2.95. The maximum atomic E-state index is 14.5. The average Bonchev–Trinajstić information content (AvgIpc) is 3.02. The van der Waals surface area contributed by atoms with E-state index < -0.39 is 51.7 Å². The van der Waals surface area contributed by atoms with E-state index in [2.05, 4.69) is 5.32 Å². The highest BCUT2D eigenvalue weighted by Crippen LogP contribution is 2.33. The van der Waals surface area contributed by atoms with E-state index >= 15 is 0 Å². The van der Waals surface area contributed by atoms with Crippen LogP contribution >= 0.6 is 0 Å². The molecule has 0 fully saturated rings. The van der Waals surface area contributed by atoms with E-state index in [4.69, 9.17) is 0 Å². The molecule has 4 aromatic rings. The van der Waals surface area contributed by atoms with Crippen molar-refractivity contribution < 1.29 is 31.2 Å². The van der Waals surface area contributed by atoms with Crippen LogP contribution in [0.3, 0.4) is 0 Å². The Balaban J connectivity index is 1.86. The van der Waals surface area contributed by atoms with Crippen molar-refractivity contribution >= 4 is 27.5 Å². The van der Waals surface area contributed by atoms with E-state index in [0.717, 1.165) is 28.8 Å². The predicted molar refractivity (Wildman–Crippen MR) is 176 cm³/mol. The number of nitrogens with one attached hydrogen (secondary N) is 1. The summed E-state index contributed by atoms with van der Waals surface area (Å²) in [4.78, 5) is 29.6. The van der Waals surface area contributed by atoms with Crippen molar-refractivity contribution in [3.05, 3.63) is 131 Å². The second kappa shape index (κ2) is 14.4. The Morgan fingerprint density at radius 2 is 1.40 bits per heavy atom. The fourth-order valence-corrected chi connectivity index (χ4v) is 6.49. The Kier molecular flexibility index (Phi) is 10.8. The molecule has 0 bridgehead atoms. The third kappa shape index (κ3) is 9.22. The molecule has 0 saturated carbocycles. The highest BCUT2D eigenvalue weighted by Gasteiger charge is 2.37. The molecule has 47 heavy (non-hydrogen) atoms. The molecule has 248 valence electrons. The van der Waals surface area contributed by atoms with Gasteiger partial charge in [-0.1, -0.05) is 78.9 Å². The number of alkyl halides is 3. The van der Waals surface area contributed by atoms with Crippen molar-refractivity contribution in [2.45, 2.75) is 63.3 Å². The third-order valence-electron chi connectivity index (χ3n) is 7.44. The summed E-state index contributed by atoms with van der Waals surface area (Å²) < 4.78 is 70.1. The lowest BCUT2D eigenvalue weighted by Crippen LogP contribution is -2.56. The number of carbonyl (C=O) groups excluding carboxylic acids is 2. The smallest absolute Gasteiger partial charge is 0.350 e. The second-order valence-electron chi connectivity index (χ2n) is 12.3. The molecule has 0 saturated heterocycles. The van der Waals surface area contributed by atoms with Gasteiger partial charge in [0.1, 0.15) is 12.6 Å². The van der Waals surface area contributed by atoms with Gasteiger partial charge in [0.05, 0.1) is 16.1 Å². The van der Waals surface area contributed by atoms with Gasteiger partial charge in [0, 0.05) is 18.5 Å². The van der Waals surface area contributed by atoms with Gasteiger partial charge < -0.3 is 10.2 Å². The highest BCUT2D eigenvalue weighted by atomic mass is 32.2. The van der Waals surface area contributed by atoms with Crippen molar-refractivity contribution in [2.75, 3.05) is 10.8 Å². The maximum Gasteiger partial charge on any atom is 0.416 e. The van der Waals surface area contributed by atoms with Crippen LogP contribution in [-0.4, -0.2) is 43.3 Å². The monoisotopic (exact) mass is 665 g/mol. The molecule has 2 amide bonds. The quantitative estimate of drug-likeness (QED) is 0.192. The van der Waals surface area contributed by atoms with Crippen LogP contribution in [0.15, 0.2) is 114 Å². The summed E-state index contributed by atoms with van der Waals surface area (Å²) in [6.45, 7) is 6.36. The SMILES string of the molecule is Cc1ccccc1CN(C(=O)CN(c1cccc(C(F)(F)F)c1)S(=O)(=O)c1ccccc1)[C@H](Cc1ccccc1)C(=O)NC(C)(C)C. The summed E-state index contributed by atoms with van der Waals surface area (Å²) in [5.41, 5.74) is 0.247. The second-order valence-corrected chi connectivity index (χ2v) is 14.1. The normalized spacial score (nSPS) is 12.7. The minimum atomic E-state index is -4.76. The van der Waals surface area contributed by atoms with Crippen LogP contribution in [0.2, 0.25) is 0 Å². The van der Waals surface area contributed by atoms with E-state index in [1.807, 2.05) is 55.5 Å². The van der Waals surface area contributed by atoms with Crippen molar-refractivity contribution in [1.29, 1.82) is 0 Å². The van der Waals surface area contributed by atoms with Crippen LogP contribution in [0.25, 0.3) is 0 Å². The van der Waals surface area contributed by atoms with Gasteiger partial charge in [0.25, 0.3) is 10.0 Å². The Morgan fingerprint density at radius 3 is 2.00 bits per heavy atom. The van der Waals surface area contributed by atoms with Crippen LogP contribution in [0, 0.1) is 6.92 Å². The van der Waals surface area contributed by atoms with Gasteiger partial charge >= 0.3 is 6.18 Å². The van der Waals surface area contributed by atoms with E-state index in [1.54, 1.807) is 32.9 Å². The van der Waals surface area contributed by atoms with Crippen molar-refractivity contribution in [1.82, 2.24) is 10.2 Å². The van der Waals surface area contributed by atoms with Gasteiger partial charge in [0.15, 0.2) is 0 Å². The predicted octanol–water partition coefficient (Wildman–Crippen LogP) is 6.76. The maximum absolute atomic E-state index is 14.5. The highest BCUT2D eigenvalue weighted by molar-refractivity contribution is 7.92. The Labute approximate surface area is 274 Å². The van der Waals surface area contributed by atoms with Gasteiger partial charge in [-0.15, -0.1) is 0 Å². The summed E-state index contributed by atoms with van der Waals surface area (Å²) in [6.07, 6.45) is -4.65. The Hall–Kier alpha value is -4.64. The molecule has 0 aliphatic heterocycles. The lowest BCUT2D eigenvalue weighted by atomic mass is 10.00. The number of carbonyl (C=O) groups is 2. The number of benzene rings is 4. The number of nitrogens with zero attached hydrogens (tertiary/aromatic N) is 2. The first-order valence-corrected chi connectivity index (χ1v) is 16.5. The van der Waals surface area contributed by atoms with Crippen LogP contribution < -0.4 is 9.62 Å². The Morgan fingerprint density at radius 1 is 0.809 bits per heavy atom. The molecule has 0 aliphatic rings. The molecule has 1 atom stereocenters. The fourth-order valence-electron chi connectivity index (χ4n) is 5.06. The minimum absolute atomic E-state index is 0.0532. The molecule has 0 aliphatic carbocycles. The van der Waals surface area contributed by atoms with Crippen LogP contribution in [-0.2, 0) is 38.8 Å². The average molecular weight is 666 g/mol. The van der Waals surface area contributed by atoms with Gasteiger partial charge in [-0.2, -0.15) is 13.2 Å². The van der Waals surface area contributed by atoms with Crippen LogP contribution in [0.1, 0.15) is 43.0 Å². The molecule has 0 aromatic heterocycles. The number of sulfonamides is 1. The number of hydrogen-bond donors (Lipinski definition) is 1. The number of anilines is 1. The first-order chi connectivity index (χ1) is 22.1. The van der Waals surface area contributed by atoms with Crippen molar-refractivity contribution in [3.63, 3.8) is 0 Å². The molecule has 0 radical (unpaired) electrons. The zero-order valence-corrected chi connectivity index (χ0v) is 27.5. The van der Waals surface area contributed by atoms with E-state index in [9.17, 15) is 31.2 Å². The molecule has 7 nitrogen and oxygen atoms in total. The molecular formula is C36H38F3N3O4S. The number of amides is 2. The molecule has 4 rings (SSSR count). The topological polar surface area (TPSA) is 86.8 Å². The number of aryl methyl sites for hydroxylation is 1. The minimum Gasteiger partial charge on any atom is -0.350 e. The summed E-state index contributed by atoms with van der Waals surface area (Å²) in [5.74, 6) is -1.23. The fraction of sp³-hybridized carbons (Fsp3) is 0.278.